The summed E-state index contributed by atoms with van der Waals surface area (Å²) in [6, 6.07) is 26.9. The van der Waals surface area contributed by atoms with Gasteiger partial charge in [-0.15, -0.1) is 0 Å². The van der Waals surface area contributed by atoms with Crippen LogP contribution in [0, 0.1) is 6.92 Å². The van der Waals surface area contributed by atoms with E-state index < -0.39 is 0 Å². The number of nitrogens with one attached hydrogen (secondary N) is 3. The second-order valence-electron chi connectivity index (χ2n) is 16.3. The van der Waals surface area contributed by atoms with Crippen molar-refractivity contribution in [1.29, 1.82) is 0 Å². The molecule has 3 fully saturated rings. The summed E-state index contributed by atoms with van der Waals surface area (Å²) in [4.78, 5) is 80.8. The van der Waals surface area contributed by atoms with E-state index in [0.717, 1.165) is 50.5 Å². The number of nitrogens with zero attached hydrogens (tertiary/aromatic N) is 3. The van der Waals surface area contributed by atoms with E-state index in [1.807, 2.05) is 146 Å². The van der Waals surface area contributed by atoms with Crippen molar-refractivity contribution in [3.8, 4) is 0 Å². The minimum absolute atomic E-state index is 0.206. The molecule has 0 aromatic heterocycles. The van der Waals surface area contributed by atoms with Crippen LogP contribution in [0.3, 0.4) is 0 Å². The van der Waals surface area contributed by atoms with Crippen LogP contribution in [0.1, 0.15) is 222 Å². The van der Waals surface area contributed by atoms with E-state index in [9.17, 15) is 33.6 Å². The average Bonchev–Trinajstić information content (AvgIpc) is 3.70. The third kappa shape index (κ3) is 86.6. The molecule has 9 amide bonds. The first-order chi connectivity index (χ1) is 41.1. The van der Waals surface area contributed by atoms with Crippen molar-refractivity contribution in [1.82, 2.24) is 16.0 Å². The Bertz CT molecular complexity index is 1660. The number of para-hydroxylation sites is 3. The molecule has 0 unspecified atom stereocenters. The zero-order valence-electron chi connectivity index (χ0n) is 56.1. The Morgan fingerprint density at radius 3 is 0.756 bits per heavy atom. The minimum atomic E-state index is -0.340. The number of imide groups is 3. The molecule has 6 rings (SSSR count). The fourth-order valence-corrected chi connectivity index (χ4v) is 5.25. The number of aldehydes is 1. The first kappa shape index (κ1) is 108. The van der Waals surface area contributed by atoms with Gasteiger partial charge in [0, 0.05) is 70.2 Å². The molecule has 3 saturated heterocycles. The third-order valence-corrected chi connectivity index (χ3v) is 8.46. The molecule has 0 aliphatic carbocycles. The molecule has 86 heavy (non-hydrogen) atoms. The average molecular weight is 2150 g/mol. The Kier molecular flexibility index (Phi) is 116. The zero-order chi connectivity index (χ0) is 69.1. The van der Waals surface area contributed by atoms with Gasteiger partial charge in [-0.25, -0.2) is 14.4 Å². The van der Waals surface area contributed by atoms with Gasteiger partial charge in [0.05, 0.1) is 0 Å². The van der Waals surface area contributed by atoms with Gasteiger partial charge in [-0.1, -0.05) is 283 Å². The second kappa shape index (κ2) is 92.0. The molecule has 0 bridgehead atoms. The topological polar surface area (TPSA) is 165 Å². The summed E-state index contributed by atoms with van der Waals surface area (Å²) in [5.41, 5.74) is 2.45. The molecule has 0 saturated carbocycles. The van der Waals surface area contributed by atoms with Crippen LogP contribution in [0.2, 0.25) is 0 Å². The van der Waals surface area contributed by atoms with Crippen molar-refractivity contribution in [2.24, 2.45) is 0 Å². The van der Waals surface area contributed by atoms with Gasteiger partial charge < -0.3 is 11.7 Å². The second-order valence-corrected chi connectivity index (χ2v) is 72.9. The molecule has 506 valence electrons. The van der Waals surface area contributed by atoms with E-state index in [0.29, 0.717) is 52.2 Å². The van der Waals surface area contributed by atoms with Crippen molar-refractivity contribution in [2.75, 3.05) is 34.3 Å². The molecular weight excluding hydrogens is 2030 g/mol. The number of hydrogen-bond acceptors (Lipinski definition) is 7. The van der Waals surface area contributed by atoms with E-state index >= 15 is 0 Å². The van der Waals surface area contributed by atoms with E-state index in [1.54, 1.807) is 21.6 Å². The molecule has 22 heteroatoms. The van der Waals surface area contributed by atoms with Gasteiger partial charge in [-0.05, 0) is 42.8 Å². The predicted octanol–water partition coefficient (Wildman–Crippen LogP) is 20.6. The maximum atomic E-state index is 11.4. The molecule has 0 radical (unpaired) electrons. The molecule has 3 aromatic rings. The van der Waals surface area contributed by atoms with Gasteiger partial charge in [-0.3, -0.25) is 45.0 Å². The van der Waals surface area contributed by atoms with E-state index in [-0.39, 0.29) is 40.7 Å². The van der Waals surface area contributed by atoms with Crippen LogP contribution < -0.4 is 43.9 Å². The number of halogens is 8. The van der Waals surface area contributed by atoms with Gasteiger partial charge in [0.25, 0.3) is 0 Å². The Morgan fingerprint density at radius 2 is 0.640 bits per heavy atom. The maximum absolute atomic E-state index is 11.4. The SMILES string of the molecule is CC.CC.CC.CC.CC(C)I.CC(C)I.CCC.CCCCC.CCCCC.CCCCC=O.I[I-]I.O=C1CCN(c2ccccc2)C(=O)N1.O=C1CCN(c2ccccc2)C(=O)N1.O=C1CCN(c2ccccc2)C(=O)N1.[CH2-]C.[I][V]([I])[I]. The number of urea groups is 3. The summed E-state index contributed by atoms with van der Waals surface area (Å²) in [7, 11) is 0. The monoisotopic (exact) mass is 2150 g/mol. The number of alkyl halides is 2. The van der Waals surface area contributed by atoms with Crippen LogP contribution in [0.4, 0.5) is 31.4 Å². The third-order valence-electron chi connectivity index (χ3n) is 8.46. The number of anilines is 3. The van der Waals surface area contributed by atoms with Gasteiger partial charge in [0.2, 0.25) is 17.7 Å². The number of carbonyl (C=O) groups excluding carboxylic acids is 7. The van der Waals surface area contributed by atoms with Gasteiger partial charge in [-0.2, -0.15) is 6.92 Å². The van der Waals surface area contributed by atoms with Gasteiger partial charge >= 0.3 is 133 Å². The fraction of sp³-hybridized carbons (Fsp3) is 0.594. The van der Waals surface area contributed by atoms with Crippen molar-refractivity contribution in [3.05, 3.63) is 97.9 Å². The number of carbonyl (C=O) groups is 7. The van der Waals surface area contributed by atoms with Gasteiger partial charge in [0.1, 0.15) is 6.29 Å². The van der Waals surface area contributed by atoms with E-state index in [2.05, 4.69) is 241 Å². The van der Waals surface area contributed by atoms with Crippen molar-refractivity contribution in [2.45, 2.75) is 230 Å². The molecule has 3 heterocycles. The Hall–Kier alpha value is 0.574. The Morgan fingerprint density at radius 1 is 0.465 bits per heavy atom. The van der Waals surface area contributed by atoms with Crippen LogP contribution in [0.25, 0.3) is 0 Å². The van der Waals surface area contributed by atoms with Crippen molar-refractivity contribution in [3.63, 3.8) is 0 Å². The van der Waals surface area contributed by atoms with Gasteiger partial charge in [0.15, 0.2) is 0 Å². The fourth-order valence-electron chi connectivity index (χ4n) is 5.25. The van der Waals surface area contributed by atoms with Crippen LogP contribution in [0.15, 0.2) is 91.0 Å². The van der Waals surface area contributed by atoms with Crippen LogP contribution in [0.5, 0.6) is 0 Å². The van der Waals surface area contributed by atoms with Crippen LogP contribution in [-0.2, 0) is 24.1 Å². The number of unbranched alkanes of at least 4 members (excludes halogenated alkanes) is 6. The molecule has 3 aliphatic rings. The van der Waals surface area contributed by atoms with E-state index in [1.165, 1.54) is 44.9 Å². The van der Waals surface area contributed by atoms with E-state index in [4.69, 9.17) is 0 Å². The quantitative estimate of drug-likeness (QED) is 0.0597. The van der Waals surface area contributed by atoms with Crippen LogP contribution >= 0.6 is 142 Å². The number of benzene rings is 3. The first-order valence-corrected chi connectivity index (χ1v) is 58.7. The number of rotatable bonds is 10. The summed E-state index contributed by atoms with van der Waals surface area (Å²) in [6.45, 7) is 46.1. The molecule has 0 spiro atoms. The molecule has 0 atom stereocenters. The van der Waals surface area contributed by atoms with Crippen molar-refractivity contribution < 1.29 is 51.7 Å². The number of hydrogen-bond donors (Lipinski definition) is 3. The Balaban J connectivity index is -0.0000000954. The summed E-state index contributed by atoms with van der Waals surface area (Å²) in [5, 5.41) is 6.83. The molecule has 3 aromatic carbocycles. The summed E-state index contributed by atoms with van der Waals surface area (Å²) in [6.07, 6.45) is 14.4. The standard InChI is InChI=1S/3C10H10N2O2.C5H10O.2C5H12.2C3H7I.C3H8.4C2H6.C2H5.I3.3HI.V/c3*13-9-6-7-12(10(14)11-9)8-4-2-1-3-5-8;1-2-3-4-5-6;2*1-3-5-4-2;2*1-3(2)4;1-3-2;5*1-2;1-3-2;;;;/h3*1-5H,6-7H2,(H,11,13,14);5H,2-4H2,1H3;2*3-5H2,1-2H3;2*3H,1-2H3;3H2,1-2H3;4*1-2H3;1H2,2H3;;3*1H;/q;;;;;;;;;;;;;2*-1;;;;+3/p-3. The molecule has 3 aliphatic heterocycles. The summed E-state index contributed by atoms with van der Waals surface area (Å²) in [5.74, 6) is -0.619. The molecule has 3 N–H and O–H groups in total. The first-order valence-electron chi connectivity index (χ1n) is 30.1. The number of amides is 9. The normalized spacial score (nSPS) is 11.8. The summed E-state index contributed by atoms with van der Waals surface area (Å²) >= 11 is 17.4. The molecular formula is C64H115I8N6O7V-2. The summed E-state index contributed by atoms with van der Waals surface area (Å²) < 4.78 is 1.61. The predicted molar refractivity (Wildman–Crippen MR) is 433 cm³/mol. The Labute approximate surface area is 622 Å². The van der Waals surface area contributed by atoms with Crippen molar-refractivity contribution >= 4 is 202 Å². The zero-order valence-corrected chi connectivity index (χ0v) is 74.7. The van der Waals surface area contributed by atoms with Crippen LogP contribution in [-0.4, -0.2) is 69.6 Å². The molecule has 13 nitrogen and oxygen atoms in total.